The summed E-state index contributed by atoms with van der Waals surface area (Å²) in [5, 5.41) is 3.29. The van der Waals surface area contributed by atoms with E-state index in [1.807, 2.05) is 12.1 Å². The predicted molar refractivity (Wildman–Crippen MR) is 103 cm³/mol. The summed E-state index contributed by atoms with van der Waals surface area (Å²) in [5.74, 6) is 2.70. The van der Waals surface area contributed by atoms with Crippen LogP contribution in [0.5, 0.6) is 11.5 Å². The number of methoxy groups -OCH3 is 1. The van der Waals surface area contributed by atoms with Crippen molar-refractivity contribution < 1.29 is 14.3 Å². The standard InChI is InChI=1S/C21H32N2O3/c1-13(2)12-26-18-8-7-16(11-19(18)25-3)21(24)23-20-14-5-4-6-15(20)10-17(22)9-14/h7-8,11,13-15,17,20H,4-6,9-10,12,22H2,1-3H3,(H,23,24). The Labute approximate surface area is 156 Å². The number of carbonyl (C=O) groups is 1. The first-order valence-electron chi connectivity index (χ1n) is 9.85. The number of carbonyl (C=O) groups excluding carboxylic acids is 1. The lowest BCUT2D eigenvalue weighted by atomic mass is 9.67. The number of ether oxygens (including phenoxy) is 2. The fourth-order valence-electron chi connectivity index (χ4n) is 4.44. The Bertz CT molecular complexity index is 618. The largest absolute Gasteiger partial charge is 0.493 e. The average molecular weight is 360 g/mol. The number of fused-ring (bicyclic) bond motifs is 2. The molecule has 0 saturated heterocycles. The second kappa shape index (κ2) is 8.30. The highest BCUT2D eigenvalue weighted by atomic mass is 16.5. The van der Waals surface area contributed by atoms with Crippen LogP contribution in [0.25, 0.3) is 0 Å². The molecular weight excluding hydrogens is 328 g/mol. The Balaban J connectivity index is 1.69. The molecule has 2 aliphatic carbocycles. The molecule has 0 aromatic heterocycles. The predicted octanol–water partition coefficient (Wildman–Crippen LogP) is 3.37. The van der Waals surface area contributed by atoms with Gasteiger partial charge in [0.05, 0.1) is 13.7 Å². The van der Waals surface area contributed by atoms with Crippen LogP contribution in [0.2, 0.25) is 0 Å². The molecule has 3 N–H and O–H groups in total. The van der Waals surface area contributed by atoms with Gasteiger partial charge in [0.2, 0.25) is 0 Å². The quantitative estimate of drug-likeness (QED) is 0.816. The van der Waals surface area contributed by atoms with Crippen molar-refractivity contribution in [3.63, 3.8) is 0 Å². The van der Waals surface area contributed by atoms with Gasteiger partial charge in [-0.15, -0.1) is 0 Å². The summed E-state index contributed by atoms with van der Waals surface area (Å²) in [7, 11) is 1.60. The molecule has 2 bridgehead atoms. The molecule has 2 aliphatic rings. The van der Waals surface area contributed by atoms with Gasteiger partial charge in [-0.2, -0.15) is 0 Å². The lowest BCUT2D eigenvalue weighted by molar-refractivity contribution is 0.0755. The first kappa shape index (κ1) is 19.0. The number of nitrogens with one attached hydrogen (secondary N) is 1. The molecule has 2 unspecified atom stereocenters. The summed E-state index contributed by atoms with van der Waals surface area (Å²) < 4.78 is 11.2. The van der Waals surface area contributed by atoms with Gasteiger partial charge in [-0.05, 0) is 61.6 Å². The Morgan fingerprint density at radius 2 is 1.92 bits per heavy atom. The molecule has 5 heteroatoms. The molecule has 0 spiro atoms. The van der Waals surface area contributed by atoms with Crippen molar-refractivity contribution >= 4 is 5.91 Å². The van der Waals surface area contributed by atoms with E-state index in [1.54, 1.807) is 13.2 Å². The van der Waals surface area contributed by atoms with Crippen molar-refractivity contribution in [1.29, 1.82) is 0 Å². The molecule has 0 radical (unpaired) electrons. The van der Waals surface area contributed by atoms with Crippen LogP contribution in [0.4, 0.5) is 0 Å². The minimum absolute atomic E-state index is 0.0314. The van der Waals surface area contributed by atoms with E-state index in [2.05, 4.69) is 19.2 Å². The Morgan fingerprint density at radius 1 is 1.23 bits per heavy atom. The summed E-state index contributed by atoms with van der Waals surface area (Å²) in [4.78, 5) is 12.8. The average Bonchev–Trinajstić information content (AvgIpc) is 2.60. The van der Waals surface area contributed by atoms with Crippen LogP contribution in [-0.4, -0.2) is 31.7 Å². The topological polar surface area (TPSA) is 73.6 Å². The summed E-state index contributed by atoms with van der Waals surface area (Å²) in [5.41, 5.74) is 6.81. The van der Waals surface area contributed by atoms with Crippen molar-refractivity contribution in [2.75, 3.05) is 13.7 Å². The number of hydrogen-bond acceptors (Lipinski definition) is 4. The van der Waals surface area contributed by atoms with Crippen molar-refractivity contribution in [2.45, 2.75) is 58.0 Å². The third-order valence-corrected chi connectivity index (χ3v) is 5.67. The highest BCUT2D eigenvalue weighted by Crippen LogP contribution is 2.40. The van der Waals surface area contributed by atoms with E-state index in [-0.39, 0.29) is 18.0 Å². The van der Waals surface area contributed by atoms with E-state index in [9.17, 15) is 4.79 Å². The van der Waals surface area contributed by atoms with E-state index in [0.717, 1.165) is 12.8 Å². The third kappa shape index (κ3) is 4.32. The van der Waals surface area contributed by atoms with Crippen molar-refractivity contribution in [1.82, 2.24) is 5.32 Å². The lowest BCUT2D eigenvalue weighted by Crippen LogP contribution is -2.53. The second-order valence-corrected chi connectivity index (χ2v) is 8.25. The molecule has 2 atom stereocenters. The highest BCUT2D eigenvalue weighted by molar-refractivity contribution is 5.95. The fourth-order valence-corrected chi connectivity index (χ4v) is 4.44. The first-order chi connectivity index (χ1) is 12.5. The number of benzene rings is 1. The Kier molecular flexibility index (Phi) is 6.07. The van der Waals surface area contributed by atoms with Crippen LogP contribution in [0.15, 0.2) is 18.2 Å². The molecule has 0 aliphatic heterocycles. The zero-order valence-electron chi connectivity index (χ0n) is 16.2. The maximum absolute atomic E-state index is 12.8. The van der Waals surface area contributed by atoms with E-state index in [4.69, 9.17) is 15.2 Å². The maximum Gasteiger partial charge on any atom is 0.251 e. The van der Waals surface area contributed by atoms with Crippen LogP contribution in [0.1, 0.15) is 56.3 Å². The summed E-state index contributed by atoms with van der Waals surface area (Å²) >= 11 is 0. The zero-order chi connectivity index (χ0) is 18.7. The molecule has 3 rings (SSSR count). The zero-order valence-corrected chi connectivity index (χ0v) is 16.2. The minimum atomic E-state index is -0.0314. The molecule has 2 saturated carbocycles. The van der Waals surface area contributed by atoms with E-state index in [0.29, 0.717) is 41.4 Å². The van der Waals surface area contributed by atoms with E-state index in [1.165, 1.54) is 19.3 Å². The van der Waals surface area contributed by atoms with Crippen LogP contribution < -0.4 is 20.5 Å². The van der Waals surface area contributed by atoms with E-state index >= 15 is 0 Å². The molecule has 5 nitrogen and oxygen atoms in total. The van der Waals surface area contributed by atoms with Gasteiger partial charge in [-0.3, -0.25) is 4.79 Å². The van der Waals surface area contributed by atoms with Gasteiger partial charge in [-0.1, -0.05) is 20.3 Å². The third-order valence-electron chi connectivity index (χ3n) is 5.67. The highest BCUT2D eigenvalue weighted by Gasteiger charge is 2.40. The second-order valence-electron chi connectivity index (χ2n) is 8.25. The number of hydrogen-bond donors (Lipinski definition) is 2. The SMILES string of the molecule is COc1cc(C(=O)NC2C3CCCC2CC(N)C3)ccc1OCC(C)C. The van der Waals surface area contributed by atoms with Crippen LogP contribution in [-0.2, 0) is 0 Å². The van der Waals surface area contributed by atoms with Gasteiger partial charge in [0.1, 0.15) is 0 Å². The van der Waals surface area contributed by atoms with Gasteiger partial charge < -0.3 is 20.5 Å². The van der Waals surface area contributed by atoms with Gasteiger partial charge in [0.25, 0.3) is 5.91 Å². The molecule has 0 heterocycles. The minimum Gasteiger partial charge on any atom is -0.493 e. The van der Waals surface area contributed by atoms with Gasteiger partial charge >= 0.3 is 0 Å². The van der Waals surface area contributed by atoms with E-state index < -0.39 is 0 Å². The Hall–Kier alpha value is -1.75. The normalized spacial score (nSPS) is 27.9. The molecule has 26 heavy (non-hydrogen) atoms. The maximum atomic E-state index is 12.8. The number of nitrogens with two attached hydrogens (primary N) is 1. The first-order valence-corrected chi connectivity index (χ1v) is 9.85. The van der Waals surface area contributed by atoms with Crippen molar-refractivity contribution in [3.05, 3.63) is 23.8 Å². The van der Waals surface area contributed by atoms with Crippen molar-refractivity contribution in [2.24, 2.45) is 23.5 Å². The summed E-state index contributed by atoms with van der Waals surface area (Å²) in [6.07, 6.45) is 5.63. The van der Waals surface area contributed by atoms with Gasteiger partial charge in [0.15, 0.2) is 11.5 Å². The molecule has 1 amide bonds. The van der Waals surface area contributed by atoms with Crippen LogP contribution >= 0.6 is 0 Å². The van der Waals surface area contributed by atoms with Crippen LogP contribution in [0, 0.1) is 17.8 Å². The monoisotopic (exact) mass is 360 g/mol. The summed E-state index contributed by atoms with van der Waals surface area (Å²) in [6.45, 7) is 4.82. The van der Waals surface area contributed by atoms with Crippen molar-refractivity contribution in [3.8, 4) is 11.5 Å². The molecule has 2 fully saturated rings. The molecular formula is C21H32N2O3. The van der Waals surface area contributed by atoms with Gasteiger partial charge in [0, 0.05) is 17.6 Å². The molecule has 144 valence electrons. The molecule has 1 aromatic carbocycles. The van der Waals surface area contributed by atoms with Crippen LogP contribution in [0.3, 0.4) is 0 Å². The van der Waals surface area contributed by atoms with Gasteiger partial charge in [-0.25, -0.2) is 0 Å². The molecule has 1 aromatic rings. The summed E-state index contributed by atoms with van der Waals surface area (Å²) in [6, 6.07) is 5.95. The number of amides is 1. The lowest BCUT2D eigenvalue weighted by Gasteiger charge is -2.45. The number of rotatable bonds is 6. The smallest absolute Gasteiger partial charge is 0.251 e. The fraction of sp³-hybridized carbons (Fsp3) is 0.667. The Morgan fingerprint density at radius 3 is 2.54 bits per heavy atom.